The number of rotatable bonds is 6. The molecule has 1 saturated heterocycles. The number of nitrogens with zero attached hydrogens (tertiary/aromatic N) is 3. The first-order valence-electron chi connectivity index (χ1n) is 13.7. The Kier molecular flexibility index (Phi) is 6.59. The predicted molar refractivity (Wildman–Crippen MR) is 151 cm³/mol. The fourth-order valence-corrected chi connectivity index (χ4v) is 6.16. The lowest BCUT2D eigenvalue weighted by Gasteiger charge is -2.41. The van der Waals surface area contributed by atoms with Crippen molar-refractivity contribution in [2.45, 2.75) is 32.4 Å². The molecular formula is C32H33FN4O2. The van der Waals surface area contributed by atoms with Gasteiger partial charge in [-0.05, 0) is 42.2 Å². The van der Waals surface area contributed by atoms with Gasteiger partial charge < -0.3 is 19.7 Å². The zero-order valence-electron chi connectivity index (χ0n) is 22.3. The fraction of sp³-hybridized carbons (Fsp3) is 0.312. The lowest BCUT2D eigenvalue weighted by atomic mass is 9.94. The fourth-order valence-electron chi connectivity index (χ4n) is 6.16. The molecule has 2 amide bonds. The number of piperazine rings is 1. The average Bonchev–Trinajstić information content (AvgIpc) is 3.50. The van der Waals surface area contributed by atoms with Crippen LogP contribution in [0.2, 0.25) is 0 Å². The van der Waals surface area contributed by atoms with Gasteiger partial charge in [0.25, 0.3) is 5.91 Å². The third-order valence-electron chi connectivity index (χ3n) is 8.01. The minimum absolute atomic E-state index is 0.0390. The Bertz CT molecular complexity index is 1520. The summed E-state index contributed by atoms with van der Waals surface area (Å²) < 4.78 is 14.4. The molecule has 0 aliphatic carbocycles. The van der Waals surface area contributed by atoms with E-state index in [0.29, 0.717) is 43.9 Å². The first-order valence-corrected chi connectivity index (χ1v) is 13.7. The number of carbonyl (C=O) groups excluding carboxylic acids is 2. The maximum atomic E-state index is 14.4. The van der Waals surface area contributed by atoms with E-state index in [1.54, 1.807) is 12.1 Å². The highest BCUT2D eigenvalue weighted by Gasteiger charge is 2.46. The summed E-state index contributed by atoms with van der Waals surface area (Å²) in [5.41, 5.74) is 4.14. The van der Waals surface area contributed by atoms with Gasteiger partial charge in [0.1, 0.15) is 11.9 Å². The second-order valence-electron chi connectivity index (χ2n) is 10.9. The van der Waals surface area contributed by atoms with Gasteiger partial charge in [0, 0.05) is 54.4 Å². The molecule has 0 bridgehead atoms. The van der Waals surface area contributed by atoms with Gasteiger partial charge in [-0.3, -0.25) is 9.59 Å². The number of halogens is 1. The Hall–Kier alpha value is -4.13. The lowest BCUT2D eigenvalue weighted by Crippen LogP contribution is -2.56. The number of H-pyrrole nitrogens is 1. The van der Waals surface area contributed by atoms with Gasteiger partial charge in [-0.15, -0.1) is 0 Å². The molecule has 2 atom stereocenters. The van der Waals surface area contributed by atoms with Crippen LogP contribution in [0.4, 0.5) is 10.1 Å². The average molecular weight is 525 g/mol. The molecule has 4 aromatic rings. The van der Waals surface area contributed by atoms with Crippen LogP contribution in [0.25, 0.3) is 10.9 Å². The minimum atomic E-state index is -0.608. The highest BCUT2D eigenvalue weighted by atomic mass is 19.1. The normalized spacial score (nSPS) is 18.2. The third-order valence-corrected chi connectivity index (χ3v) is 8.01. The van der Waals surface area contributed by atoms with Crippen LogP contribution >= 0.6 is 0 Å². The summed E-state index contributed by atoms with van der Waals surface area (Å²) >= 11 is 0. The molecule has 1 N–H and O–H groups in total. The van der Waals surface area contributed by atoms with Gasteiger partial charge in [-0.1, -0.05) is 62.4 Å². The Balaban J connectivity index is 1.34. The monoisotopic (exact) mass is 524 g/mol. The standard InChI is InChI=1S/C32H33FN4O2/c1-21(2)19-29(32(39)36-17-15-35(16-18-36)28-14-8-6-12-26(28)33)37-30(23-10-3-4-11-24(23)31(37)38)25-20-34-27-13-7-5-9-22(25)27/h3-14,20-21,29-30,34H,15-19H2,1-2H3. The quantitative estimate of drug-likeness (QED) is 0.356. The van der Waals surface area contributed by atoms with Crippen LogP contribution in [0, 0.1) is 11.7 Å². The zero-order chi connectivity index (χ0) is 27.1. The number of carbonyl (C=O) groups is 2. The molecule has 39 heavy (non-hydrogen) atoms. The first-order chi connectivity index (χ1) is 18.9. The summed E-state index contributed by atoms with van der Waals surface area (Å²) in [7, 11) is 0. The van der Waals surface area contributed by atoms with E-state index in [0.717, 1.165) is 22.0 Å². The van der Waals surface area contributed by atoms with Crippen molar-refractivity contribution in [3.05, 3.63) is 102 Å². The molecule has 3 aromatic carbocycles. The number of anilines is 1. The number of aromatic nitrogens is 1. The van der Waals surface area contributed by atoms with Gasteiger partial charge in [-0.2, -0.15) is 0 Å². The number of para-hydroxylation sites is 2. The van der Waals surface area contributed by atoms with E-state index in [1.165, 1.54) is 6.07 Å². The number of nitrogens with one attached hydrogen (secondary N) is 1. The molecule has 0 saturated carbocycles. The summed E-state index contributed by atoms with van der Waals surface area (Å²) in [6.07, 6.45) is 2.53. The van der Waals surface area contributed by atoms with Crippen molar-refractivity contribution in [3.63, 3.8) is 0 Å². The van der Waals surface area contributed by atoms with Crippen molar-refractivity contribution in [2.75, 3.05) is 31.1 Å². The summed E-state index contributed by atoms with van der Waals surface area (Å²) in [4.78, 5) is 37.3. The summed E-state index contributed by atoms with van der Waals surface area (Å²) in [6, 6.07) is 21.6. The topological polar surface area (TPSA) is 59.7 Å². The van der Waals surface area contributed by atoms with Crippen LogP contribution in [0.3, 0.4) is 0 Å². The molecule has 0 radical (unpaired) electrons. The van der Waals surface area contributed by atoms with Crippen molar-refractivity contribution in [1.82, 2.24) is 14.8 Å². The molecule has 6 nitrogen and oxygen atoms in total. The molecule has 1 fully saturated rings. The van der Waals surface area contributed by atoms with E-state index >= 15 is 0 Å². The number of hydrogen-bond acceptors (Lipinski definition) is 3. The Morgan fingerprint density at radius 1 is 0.923 bits per heavy atom. The number of aromatic amines is 1. The largest absolute Gasteiger partial charge is 0.366 e. The van der Waals surface area contributed by atoms with E-state index in [9.17, 15) is 14.0 Å². The van der Waals surface area contributed by atoms with Crippen LogP contribution in [0.15, 0.2) is 79.0 Å². The van der Waals surface area contributed by atoms with Crippen molar-refractivity contribution in [3.8, 4) is 0 Å². The van der Waals surface area contributed by atoms with E-state index in [4.69, 9.17) is 0 Å². The molecule has 6 rings (SSSR count). The third kappa shape index (κ3) is 4.46. The number of hydrogen-bond donors (Lipinski definition) is 1. The van der Waals surface area contributed by atoms with Crippen LogP contribution < -0.4 is 4.90 Å². The van der Waals surface area contributed by atoms with Crippen molar-refractivity contribution < 1.29 is 14.0 Å². The summed E-state index contributed by atoms with van der Waals surface area (Å²) in [6.45, 7) is 6.22. The van der Waals surface area contributed by atoms with Gasteiger partial charge in [0.15, 0.2) is 0 Å². The second kappa shape index (κ2) is 10.2. The molecular weight excluding hydrogens is 491 g/mol. The summed E-state index contributed by atoms with van der Waals surface area (Å²) in [5.74, 6) is -0.191. The van der Waals surface area contributed by atoms with E-state index in [1.807, 2.05) is 69.4 Å². The molecule has 3 heterocycles. The van der Waals surface area contributed by atoms with Crippen molar-refractivity contribution in [1.29, 1.82) is 0 Å². The molecule has 1 aromatic heterocycles. The highest BCUT2D eigenvalue weighted by Crippen LogP contribution is 2.43. The van der Waals surface area contributed by atoms with Gasteiger partial charge in [-0.25, -0.2) is 4.39 Å². The Labute approximate surface area is 228 Å². The number of benzene rings is 3. The van der Waals surface area contributed by atoms with Crippen LogP contribution in [0.5, 0.6) is 0 Å². The molecule has 0 spiro atoms. The predicted octanol–water partition coefficient (Wildman–Crippen LogP) is 5.62. The van der Waals surface area contributed by atoms with Crippen molar-refractivity contribution >= 4 is 28.4 Å². The molecule has 7 heteroatoms. The number of amides is 2. The number of fused-ring (bicyclic) bond motifs is 2. The lowest BCUT2D eigenvalue weighted by molar-refractivity contribution is -0.137. The molecule has 2 unspecified atom stereocenters. The SMILES string of the molecule is CC(C)CC(C(=O)N1CCN(c2ccccc2F)CC1)N1C(=O)c2ccccc2C1c1c[nH]c2ccccc12. The van der Waals surface area contributed by atoms with E-state index in [2.05, 4.69) is 24.9 Å². The Morgan fingerprint density at radius 2 is 1.62 bits per heavy atom. The highest BCUT2D eigenvalue weighted by molar-refractivity contribution is 6.03. The maximum absolute atomic E-state index is 14.4. The van der Waals surface area contributed by atoms with Crippen molar-refractivity contribution in [2.24, 2.45) is 5.92 Å². The Morgan fingerprint density at radius 3 is 2.38 bits per heavy atom. The van der Waals surface area contributed by atoms with Gasteiger partial charge >= 0.3 is 0 Å². The van der Waals surface area contributed by atoms with Crippen LogP contribution in [0.1, 0.15) is 47.8 Å². The molecule has 2 aliphatic heterocycles. The van der Waals surface area contributed by atoms with E-state index < -0.39 is 6.04 Å². The van der Waals surface area contributed by atoms with E-state index in [-0.39, 0.29) is 29.6 Å². The smallest absolute Gasteiger partial charge is 0.255 e. The van der Waals surface area contributed by atoms with Gasteiger partial charge in [0.2, 0.25) is 5.91 Å². The molecule has 2 aliphatic rings. The first kappa shape index (κ1) is 25.2. The maximum Gasteiger partial charge on any atom is 0.255 e. The van der Waals surface area contributed by atoms with Crippen LogP contribution in [-0.4, -0.2) is 58.8 Å². The van der Waals surface area contributed by atoms with Crippen LogP contribution in [-0.2, 0) is 4.79 Å². The summed E-state index contributed by atoms with van der Waals surface area (Å²) in [5, 5.41) is 1.05. The molecule has 200 valence electrons. The second-order valence-corrected chi connectivity index (χ2v) is 10.9. The zero-order valence-corrected chi connectivity index (χ0v) is 22.3. The van der Waals surface area contributed by atoms with Gasteiger partial charge in [0.05, 0.1) is 11.7 Å². The minimum Gasteiger partial charge on any atom is -0.366 e.